The molecule has 0 heterocycles. The Labute approximate surface area is 141 Å². The Balaban J connectivity index is 2.11. The lowest BCUT2D eigenvalue weighted by Crippen LogP contribution is -2.44. The van der Waals surface area contributed by atoms with E-state index in [2.05, 4.69) is 27.9 Å². The number of nitrogens with one attached hydrogen (secondary N) is 1. The highest BCUT2D eigenvalue weighted by molar-refractivity contribution is 14.1. The number of rotatable bonds is 4. The molecule has 0 bridgehead atoms. The molecule has 0 unspecified atom stereocenters. The number of carbonyl (C=O) groups is 2. The summed E-state index contributed by atoms with van der Waals surface area (Å²) in [6.07, 6.45) is 3.79. The molecule has 2 rings (SSSR count). The van der Waals surface area contributed by atoms with Crippen LogP contribution >= 0.6 is 34.2 Å². The number of carboxylic acids is 1. The third-order valence-corrected chi connectivity index (χ3v) is 4.63. The summed E-state index contributed by atoms with van der Waals surface area (Å²) in [6, 6.07) is 4.79. The van der Waals surface area contributed by atoms with Crippen molar-refractivity contribution in [1.82, 2.24) is 4.90 Å². The Morgan fingerprint density at radius 1 is 1.38 bits per heavy atom. The van der Waals surface area contributed by atoms with E-state index in [0.717, 1.165) is 29.3 Å². The Morgan fingerprint density at radius 2 is 2.05 bits per heavy atom. The van der Waals surface area contributed by atoms with Gasteiger partial charge in [0.1, 0.15) is 6.54 Å². The number of carbonyl (C=O) groups excluding carboxylic acids is 1. The minimum Gasteiger partial charge on any atom is -0.480 e. The third kappa shape index (κ3) is 4.47. The maximum atomic E-state index is 12.4. The minimum atomic E-state index is -0.997. The zero-order valence-corrected chi connectivity index (χ0v) is 14.2. The summed E-state index contributed by atoms with van der Waals surface area (Å²) in [5, 5.41) is 12.4. The maximum Gasteiger partial charge on any atom is 0.323 e. The number of halogens is 2. The van der Waals surface area contributed by atoms with E-state index < -0.39 is 5.97 Å². The number of aliphatic carboxylic acids is 1. The Morgan fingerprint density at radius 3 is 2.62 bits per heavy atom. The van der Waals surface area contributed by atoms with Crippen LogP contribution in [-0.4, -0.2) is 34.6 Å². The van der Waals surface area contributed by atoms with E-state index in [9.17, 15) is 9.59 Å². The number of hydrogen-bond acceptors (Lipinski definition) is 2. The highest BCUT2D eigenvalue weighted by atomic mass is 127. The monoisotopic (exact) mass is 422 g/mol. The van der Waals surface area contributed by atoms with Gasteiger partial charge >= 0.3 is 12.0 Å². The van der Waals surface area contributed by atoms with Crippen molar-refractivity contribution in [2.75, 3.05) is 11.9 Å². The van der Waals surface area contributed by atoms with Crippen LogP contribution in [0.4, 0.5) is 10.5 Å². The van der Waals surface area contributed by atoms with Crippen LogP contribution in [0.25, 0.3) is 0 Å². The second-order valence-corrected chi connectivity index (χ2v) is 6.61. The summed E-state index contributed by atoms with van der Waals surface area (Å²) in [5.41, 5.74) is 0.637. The fourth-order valence-corrected chi connectivity index (χ4v) is 3.51. The van der Waals surface area contributed by atoms with Gasteiger partial charge in [-0.15, -0.1) is 0 Å². The first-order chi connectivity index (χ1) is 9.97. The molecule has 5 nitrogen and oxygen atoms in total. The predicted molar refractivity (Wildman–Crippen MR) is 89.8 cm³/mol. The first-order valence-electron chi connectivity index (χ1n) is 6.72. The number of nitrogens with zero attached hydrogens (tertiary/aromatic N) is 1. The molecule has 0 radical (unpaired) electrons. The molecule has 1 fully saturated rings. The van der Waals surface area contributed by atoms with Gasteiger partial charge in [-0.25, -0.2) is 4.79 Å². The van der Waals surface area contributed by atoms with Crippen molar-refractivity contribution in [1.29, 1.82) is 0 Å². The van der Waals surface area contributed by atoms with Crippen molar-refractivity contribution in [3.05, 3.63) is 26.8 Å². The highest BCUT2D eigenvalue weighted by Gasteiger charge is 2.28. The fraction of sp³-hybridized carbons (Fsp3) is 0.429. The number of urea groups is 1. The SMILES string of the molecule is O=C(O)CN(C(=O)Nc1ccc(Cl)cc1I)C1CCCC1. The first kappa shape index (κ1) is 16.4. The van der Waals surface area contributed by atoms with Gasteiger partial charge in [0.25, 0.3) is 0 Å². The van der Waals surface area contributed by atoms with Crippen LogP contribution in [0.15, 0.2) is 18.2 Å². The molecule has 1 aliphatic carbocycles. The summed E-state index contributed by atoms with van der Waals surface area (Å²) < 4.78 is 0.815. The lowest BCUT2D eigenvalue weighted by molar-refractivity contribution is -0.138. The number of hydrogen-bond donors (Lipinski definition) is 2. The normalized spacial score (nSPS) is 15.0. The summed E-state index contributed by atoms with van der Waals surface area (Å²) in [5.74, 6) is -0.997. The average Bonchev–Trinajstić information content (AvgIpc) is 2.92. The fourth-order valence-electron chi connectivity index (χ4n) is 2.51. The number of benzene rings is 1. The summed E-state index contributed by atoms with van der Waals surface area (Å²) in [6.45, 7) is -0.277. The van der Waals surface area contributed by atoms with Gasteiger partial charge in [-0.1, -0.05) is 24.4 Å². The smallest absolute Gasteiger partial charge is 0.323 e. The Kier molecular flexibility index (Phi) is 5.69. The predicted octanol–water partition coefficient (Wildman–Crippen LogP) is 3.81. The molecular formula is C14H16ClIN2O3. The molecule has 2 amide bonds. The lowest BCUT2D eigenvalue weighted by atomic mass is 10.2. The Hall–Kier alpha value is -1.02. The van der Waals surface area contributed by atoms with Crippen molar-refractivity contribution in [2.24, 2.45) is 0 Å². The second-order valence-electron chi connectivity index (χ2n) is 5.01. The van der Waals surface area contributed by atoms with E-state index >= 15 is 0 Å². The molecule has 0 saturated heterocycles. The second kappa shape index (κ2) is 7.31. The standard InChI is InChI=1S/C14H16ClIN2O3/c15-9-5-6-12(11(16)7-9)17-14(21)18(8-13(19)20)10-3-1-2-4-10/h5-7,10H,1-4,8H2,(H,17,21)(H,19,20). The molecule has 7 heteroatoms. The van der Waals surface area contributed by atoms with Gasteiger partial charge in [-0.2, -0.15) is 0 Å². The summed E-state index contributed by atoms with van der Waals surface area (Å²) >= 11 is 7.97. The summed E-state index contributed by atoms with van der Waals surface area (Å²) in [4.78, 5) is 24.8. The van der Waals surface area contributed by atoms with Crippen molar-refractivity contribution < 1.29 is 14.7 Å². The van der Waals surface area contributed by atoms with E-state index in [-0.39, 0.29) is 18.6 Å². The minimum absolute atomic E-state index is 0.00561. The van der Waals surface area contributed by atoms with Crippen LogP contribution in [0.2, 0.25) is 5.02 Å². The van der Waals surface area contributed by atoms with Crippen LogP contribution in [0.3, 0.4) is 0 Å². The van der Waals surface area contributed by atoms with E-state index in [1.165, 1.54) is 4.90 Å². The molecule has 1 aliphatic rings. The van der Waals surface area contributed by atoms with E-state index in [4.69, 9.17) is 16.7 Å². The molecule has 1 aromatic carbocycles. The van der Waals surface area contributed by atoms with Gasteiger partial charge in [0.2, 0.25) is 0 Å². The topological polar surface area (TPSA) is 69.6 Å². The maximum absolute atomic E-state index is 12.4. The van der Waals surface area contributed by atoms with Crippen LogP contribution < -0.4 is 5.32 Å². The van der Waals surface area contributed by atoms with Gasteiger partial charge in [-0.3, -0.25) is 4.79 Å². The van der Waals surface area contributed by atoms with Crippen LogP contribution in [0.1, 0.15) is 25.7 Å². The van der Waals surface area contributed by atoms with E-state index in [1.54, 1.807) is 18.2 Å². The van der Waals surface area contributed by atoms with Gasteiger partial charge < -0.3 is 15.3 Å². The van der Waals surface area contributed by atoms with Crippen LogP contribution in [-0.2, 0) is 4.79 Å². The highest BCUT2D eigenvalue weighted by Crippen LogP contribution is 2.26. The van der Waals surface area contributed by atoms with Gasteiger partial charge in [0, 0.05) is 14.6 Å². The van der Waals surface area contributed by atoms with E-state index in [0.29, 0.717) is 10.7 Å². The zero-order chi connectivity index (χ0) is 15.4. The third-order valence-electron chi connectivity index (χ3n) is 3.50. The largest absolute Gasteiger partial charge is 0.480 e. The van der Waals surface area contributed by atoms with Gasteiger partial charge in [-0.05, 0) is 53.6 Å². The average molecular weight is 423 g/mol. The first-order valence-corrected chi connectivity index (χ1v) is 8.17. The summed E-state index contributed by atoms with van der Waals surface area (Å²) in [7, 11) is 0. The molecular weight excluding hydrogens is 407 g/mol. The van der Waals surface area contributed by atoms with Crippen LogP contribution in [0.5, 0.6) is 0 Å². The number of amides is 2. The zero-order valence-electron chi connectivity index (χ0n) is 11.3. The van der Waals surface area contributed by atoms with Crippen LogP contribution in [0, 0.1) is 3.57 Å². The molecule has 0 atom stereocenters. The van der Waals surface area contributed by atoms with Gasteiger partial charge in [0.15, 0.2) is 0 Å². The molecule has 2 N–H and O–H groups in total. The molecule has 0 aliphatic heterocycles. The van der Waals surface area contributed by atoms with Crippen molar-refractivity contribution in [3.8, 4) is 0 Å². The molecule has 1 aromatic rings. The van der Waals surface area contributed by atoms with Crippen molar-refractivity contribution >= 4 is 51.9 Å². The van der Waals surface area contributed by atoms with Crippen molar-refractivity contribution in [2.45, 2.75) is 31.7 Å². The quantitative estimate of drug-likeness (QED) is 0.725. The lowest BCUT2D eigenvalue weighted by Gasteiger charge is -2.27. The molecule has 114 valence electrons. The molecule has 0 spiro atoms. The molecule has 0 aromatic heterocycles. The number of carboxylic acid groups (broad SMARTS) is 1. The molecule has 21 heavy (non-hydrogen) atoms. The number of anilines is 1. The van der Waals surface area contributed by atoms with E-state index in [1.807, 2.05) is 0 Å². The van der Waals surface area contributed by atoms with Crippen molar-refractivity contribution in [3.63, 3.8) is 0 Å². The Bertz CT molecular complexity index is 547. The van der Waals surface area contributed by atoms with Gasteiger partial charge in [0.05, 0.1) is 5.69 Å². The molecule has 1 saturated carbocycles.